The van der Waals surface area contributed by atoms with Crippen LogP contribution in [0.25, 0.3) is 11.3 Å². The van der Waals surface area contributed by atoms with Crippen LogP contribution in [0.1, 0.15) is 0 Å². The number of carbonyl (C=O) groups excluding carboxylic acids is 1. The molecule has 0 saturated heterocycles. The zero-order valence-corrected chi connectivity index (χ0v) is 11.2. The maximum Gasteiger partial charge on any atom is 0.411 e. The number of alkyl halides is 1. The second-order valence-corrected chi connectivity index (χ2v) is 4.22. The Kier molecular flexibility index (Phi) is 4.73. The topological polar surface area (TPSA) is 84.1 Å². The lowest BCUT2D eigenvalue weighted by atomic mass is 10.1. The van der Waals surface area contributed by atoms with E-state index in [9.17, 15) is 9.59 Å². The number of aromatic nitrogens is 2. The molecule has 1 amide bonds. The van der Waals surface area contributed by atoms with Gasteiger partial charge in [-0.15, -0.1) is 11.6 Å². The molecule has 1 aromatic carbocycles. The molecular formula is C13H12ClN3O3. The van der Waals surface area contributed by atoms with Crippen LogP contribution in [0.4, 0.5) is 10.5 Å². The predicted octanol–water partition coefficient (Wildman–Crippen LogP) is 2.22. The first kappa shape index (κ1) is 14.1. The van der Waals surface area contributed by atoms with E-state index in [1.54, 1.807) is 24.3 Å². The molecule has 0 atom stereocenters. The van der Waals surface area contributed by atoms with E-state index in [2.05, 4.69) is 15.5 Å². The molecule has 0 aliphatic carbocycles. The van der Waals surface area contributed by atoms with Crippen molar-refractivity contribution in [2.75, 3.05) is 17.8 Å². The standard InChI is InChI=1S/C13H12ClN3O3/c14-6-7-20-13(19)15-10-3-1-2-9(8-10)11-4-5-12(18)17-16-11/h1-5,8H,6-7H2,(H,15,19)(H,17,18). The lowest BCUT2D eigenvalue weighted by Crippen LogP contribution is -2.14. The van der Waals surface area contributed by atoms with Crippen LogP contribution in [0, 0.1) is 0 Å². The van der Waals surface area contributed by atoms with Crippen LogP contribution in [0.3, 0.4) is 0 Å². The molecule has 2 rings (SSSR count). The number of hydrogen-bond acceptors (Lipinski definition) is 4. The third-order valence-corrected chi connectivity index (χ3v) is 2.55. The van der Waals surface area contributed by atoms with Gasteiger partial charge in [0, 0.05) is 17.3 Å². The summed E-state index contributed by atoms with van der Waals surface area (Å²) in [4.78, 5) is 22.4. The molecule has 1 aromatic heterocycles. The lowest BCUT2D eigenvalue weighted by Gasteiger charge is -2.07. The van der Waals surface area contributed by atoms with E-state index >= 15 is 0 Å². The van der Waals surface area contributed by atoms with Crippen molar-refractivity contribution >= 4 is 23.4 Å². The quantitative estimate of drug-likeness (QED) is 0.847. The average Bonchev–Trinajstić information content (AvgIpc) is 2.46. The third kappa shape index (κ3) is 3.83. The Balaban J connectivity index is 2.13. The molecule has 104 valence electrons. The molecule has 20 heavy (non-hydrogen) atoms. The van der Waals surface area contributed by atoms with Crippen molar-refractivity contribution in [1.82, 2.24) is 10.2 Å². The number of H-pyrrole nitrogens is 1. The summed E-state index contributed by atoms with van der Waals surface area (Å²) in [6, 6.07) is 10.0. The van der Waals surface area contributed by atoms with Crippen molar-refractivity contribution in [3.8, 4) is 11.3 Å². The van der Waals surface area contributed by atoms with E-state index in [0.29, 0.717) is 11.4 Å². The number of nitrogens with one attached hydrogen (secondary N) is 2. The summed E-state index contributed by atoms with van der Waals surface area (Å²) in [5.74, 6) is 0.245. The first-order chi connectivity index (χ1) is 9.69. The first-order valence-corrected chi connectivity index (χ1v) is 6.38. The summed E-state index contributed by atoms with van der Waals surface area (Å²) in [6.45, 7) is 0.147. The number of ether oxygens (including phenoxy) is 1. The highest BCUT2D eigenvalue weighted by Crippen LogP contribution is 2.19. The number of anilines is 1. The van der Waals surface area contributed by atoms with Crippen molar-refractivity contribution in [1.29, 1.82) is 0 Å². The first-order valence-electron chi connectivity index (χ1n) is 5.85. The summed E-state index contributed by atoms with van der Waals surface area (Å²) in [5, 5.41) is 8.85. The Morgan fingerprint density at radius 3 is 2.90 bits per heavy atom. The van der Waals surface area contributed by atoms with Crippen LogP contribution < -0.4 is 10.9 Å². The van der Waals surface area contributed by atoms with Gasteiger partial charge < -0.3 is 4.74 Å². The van der Waals surface area contributed by atoms with Gasteiger partial charge in [0.05, 0.1) is 11.6 Å². The van der Waals surface area contributed by atoms with E-state index in [1.165, 1.54) is 6.07 Å². The Morgan fingerprint density at radius 2 is 2.20 bits per heavy atom. The number of nitrogens with zero attached hydrogens (tertiary/aromatic N) is 1. The number of carbonyl (C=O) groups is 1. The normalized spacial score (nSPS) is 10.1. The summed E-state index contributed by atoms with van der Waals surface area (Å²) in [7, 11) is 0. The summed E-state index contributed by atoms with van der Waals surface area (Å²) in [5.41, 5.74) is 1.65. The molecule has 7 heteroatoms. The number of halogens is 1. The van der Waals surface area contributed by atoms with Crippen LogP contribution in [0.15, 0.2) is 41.2 Å². The molecule has 2 aromatic rings. The second-order valence-electron chi connectivity index (χ2n) is 3.84. The van der Waals surface area contributed by atoms with Gasteiger partial charge in [0.25, 0.3) is 5.56 Å². The van der Waals surface area contributed by atoms with E-state index in [-0.39, 0.29) is 18.0 Å². The van der Waals surface area contributed by atoms with E-state index in [1.807, 2.05) is 6.07 Å². The molecule has 0 saturated carbocycles. The van der Waals surface area contributed by atoms with Crippen molar-refractivity contribution in [2.24, 2.45) is 0 Å². The van der Waals surface area contributed by atoms with Gasteiger partial charge in [-0.05, 0) is 18.2 Å². The molecule has 0 radical (unpaired) electrons. The minimum absolute atomic E-state index is 0.147. The number of hydrogen-bond donors (Lipinski definition) is 2. The van der Waals surface area contributed by atoms with Gasteiger partial charge >= 0.3 is 6.09 Å². The Bertz CT molecular complexity index is 637. The Hall–Kier alpha value is -2.34. The van der Waals surface area contributed by atoms with Crippen LogP contribution >= 0.6 is 11.6 Å². The SMILES string of the molecule is O=C(Nc1cccc(-c2ccc(=O)[nH]n2)c1)OCCCl. The van der Waals surface area contributed by atoms with Gasteiger partial charge in [-0.3, -0.25) is 10.1 Å². The van der Waals surface area contributed by atoms with Gasteiger partial charge in [-0.1, -0.05) is 12.1 Å². The number of rotatable bonds is 4. The van der Waals surface area contributed by atoms with Gasteiger partial charge in [0.15, 0.2) is 0 Å². The van der Waals surface area contributed by atoms with Gasteiger partial charge in [0.1, 0.15) is 6.61 Å². The highest BCUT2D eigenvalue weighted by molar-refractivity contribution is 6.18. The minimum atomic E-state index is -0.572. The summed E-state index contributed by atoms with van der Waals surface area (Å²) >= 11 is 5.42. The molecule has 6 nitrogen and oxygen atoms in total. The molecule has 0 fully saturated rings. The average molecular weight is 294 g/mol. The molecule has 0 unspecified atom stereocenters. The summed E-state index contributed by atoms with van der Waals surface area (Å²) in [6.07, 6.45) is -0.572. The zero-order valence-electron chi connectivity index (χ0n) is 10.4. The number of benzene rings is 1. The maximum atomic E-state index is 11.4. The van der Waals surface area contributed by atoms with Crippen LogP contribution in [-0.4, -0.2) is 28.8 Å². The predicted molar refractivity (Wildman–Crippen MR) is 76.0 cm³/mol. The molecule has 0 spiro atoms. The highest BCUT2D eigenvalue weighted by Gasteiger charge is 2.05. The van der Waals surface area contributed by atoms with Crippen molar-refractivity contribution in [2.45, 2.75) is 0 Å². The van der Waals surface area contributed by atoms with Gasteiger partial charge in [-0.25, -0.2) is 9.89 Å². The molecule has 2 N–H and O–H groups in total. The monoisotopic (exact) mass is 293 g/mol. The molecule has 0 bridgehead atoms. The van der Waals surface area contributed by atoms with Crippen molar-refractivity contribution in [3.05, 3.63) is 46.8 Å². The van der Waals surface area contributed by atoms with Crippen molar-refractivity contribution < 1.29 is 9.53 Å². The smallest absolute Gasteiger partial charge is 0.411 e. The summed E-state index contributed by atoms with van der Waals surface area (Å²) < 4.78 is 4.81. The molecular weight excluding hydrogens is 282 g/mol. The number of amides is 1. The Morgan fingerprint density at radius 1 is 1.35 bits per heavy atom. The minimum Gasteiger partial charge on any atom is -0.448 e. The zero-order chi connectivity index (χ0) is 14.4. The fourth-order valence-electron chi connectivity index (χ4n) is 1.55. The van der Waals surface area contributed by atoms with Crippen LogP contribution in [-0.2, 0) is 4.74 Å². The largest absolute Gasteiger partial charge is 0.448 e. The fourth-order valence-corrected chi connectivity index (χ4v) is 1.62. The van der Waals surface area contributed by atoms with Crippen LogP contribution in [0.5, 0.6) is 0 Å². The fraction of sp³-hybridized carbons (Fsp3) is 0.154. The second kappa shape index (κ2) is 6.72. The van der Waals surface area contributed by atoms with E-state index in [0.717, 1.165) is 5.56 Å². The maximum absolute atomic E-state index is 11.4. The number of aromatic amines is 1. The van der Waals surface area contributed by atoms with Gasteiger partial charge in [-0.2, -0.15) is 5.10 Å². The Labute approximate surface area is 119 Å². The van der Waals surface area contributed by atoms with Gasteiger partial charge in [0.2, 0.25) is 0 Å². The highest BCUT2D eigenvalue weighted by atomic mass is 35.5. The van der Waals surface area contributed by atoms with Crippen LogP contribution in [0.2, 0.25) is 0 Å². The lowest BCUT2D eigenvalue weighted by molar-refractivity contribution is 0.168. The third-order valence-electron chi connectivity index (χ3n) is 2.39. The molecule has 0 aliphatic rings. The van der Waals surface area contributed by atoms with Crippen molar-refractivity contribution in [3.63, 3.8) is 0 Å². The van der Waals surface area contributed by atoms with E-state index < -0.39 is 6.09 Å². The molecule has 1 heterocycles. The van der Waals surface area contributed by atoms with E-state index in [4.69, 9.17) is 16.3 Å². The molecule has 0 aliphatic heterocycles.